The molecule has 1 aromatic carbocycles. The Hall–Kier alpha value is -2.59. The molecule has 0 aliphatic heterocycles. The Morgan fingerprint density at radius 1 is 1.15 bits per heavy atom. The second-order valence-electron chi connectivity index (χ2n) is 5.76. The van der Waals surface area contributed by atoms with Gasteiger partial charge in [-0.25, -0.2) is 27.8 Å². The molecule has 10 heteroatoms. The van der Waals surface area contributed by atoms with Crippen molar-refractivity contribution in [1.82, 2.24) is 15.0 Å². The number of hydrogen-bond acceptors (Lipinski definition) is 7. The molecule has 2 N–H and O–H groups in total. The first-order chi connectivity index (χ1) is 12.5. The van der Waals surface area contributed by atoms with Gasteiger partial charge in [0.25, 0.3) is 10.0 Å². The monoisotopic (exact) mass is 391 g/mol. The molecule has 0 saturated heterocycles. The van der Waals surface area contributed by atoms with Gasteiger partial charge in [0, 0.05) is 29.4 Å². The minimum atomic E-state index is -4.10. The van der Waals surface area contributed by atoms with Gasteiger partial charge in [-0.1, -0.05) is 6.07 Å². The Morgan fingerprint density at radius 2 is 2.00 bits per heavy atom. The van der Waals surface area contributed by atoms with Crippen molar-refractivity contribution in [2.45, 2.75) is 23.7 Å². The third kappa shape index (κ3) is 3.51. The van der Waals surface area contributed by atoms with Crippen molar-refractivity contribution in [3.8, 4) is 0 Å². The summed E-state index contributed by atoms with van der Waals surface area (Å²) in [4.78, 5) is 11.8. The summed E-state index contributed by atoms with van der Waals surface area (Å²) in [7, 11) is -4.10. The summed E-state index contributed by atoms with van der Waals surface area (Å²) in [6, 6.07) is 5.91. The van der Waals surface area contributed by atoms with Gasteiger partial charge in [-0.15, -0.1) is 11.3 Å². The van der Waals surface area contributed by atoms with Crippen molar-refractivity contribution in [2.75, 3.05) is 10.0 Å². The molecular formula is C16H14FN5O2S2. The number of hydrogen-bond donors (Lipinski definition) is 2. The highest BCUT2D eigenvalue weighted by Crippen LogP contribution is 2.39. The van der Waals surface area contributed by atoms with Crippen LogP contribution in [0.1, 0.15) is 24.5 Å². The van der Waals surface area contributed by atoms with Gasteiger partial charge in [0.05, 0.1) is 5.69 Å². The van der Waals surface area contributed by atoms with Crippen LogP contribution in [-0.2, 0) is 10.0 Å². The lowest BCUT2D eigenvalue weighted by Gasteiger charge is -2.11. The number of aromatic nitrogens is 3. The van der Waals surface area contributed by atoms with Crippen molar-refractivity contribution in [3.05, 3.63) is 53.6 Å². The summed E-state index contributed by atoms with van der Waals surface area (Å²) in [6.45, 7) is 0. The van der Waals surface area contributed by atoms with Gasteiger partial charge < -0.3 is 5.32 Å². The molecule has 0 atom stereocenters. The van der Waals surface area contributed by atoms with E-state index in [1.54, 1.807) is 11.6 Å². The molecule has 7 nitrogen and oxygen atoms in total. The topological polar surface area (TPSA) is 96.9 Å². The number of anilines is 3. The van der Waals surface area contributed by atoms with E-state index >= 15 is 0 Å². The summed E-state index contributed by atoms with van der Waals surface area (Å²) >= 11 is 1.11. The summed E-state index contributed by atoms with van der Waals surface area (Å²) in [6.07, 6.45) is 5.23. The Kier molecular flexibility index (Phi) is 4.29. The van der Waals surface area contributed by atoms with Crippen molar-refractivity contribution in [3.63, 3.8) is 0 Å². The van der Waals surface area contributed by atoms with Gasteiger partial charge in [-0.05, 0) is 31.0 Å². The van der Waals surface area contributed by atoms with E-state index in [-0.39, 0.29) is 16.8 Å². The van der Waals surface area contributed by atoms with E-state index in [4.69, 9.17) is 0 Å². The molecular weight excluding hydrogens is 377 g/mol. The van der Waals surface area contributed by atoms with Crippen LogP contribution in [0.2, 0.25) is 0 Å². The van der Waals surface area contributed by atoms with Gasteiger partial charge in [0.2, 0.25) is 5.95 Å². The van der Waals surface area contributed by atoms with E-state index in [0.29, 0.717) is 5.92 Å². The first kappa shape index (κ1) is 16.9. The van der Waals surface area contributed by atoms with E-state index in [9.17, 15) is 12.8 Å². The summed E-state index contributed by atoms with van der Waals surface area (Å²) < 4.78 is 41.9. The molecule has 1 aliphatic carbocycles. The van der Waals surface area contributed by atoms with Crippen LogP contribution in [0, 0.1) is 5.82 Å². The lowest BCUT2D eigenvalue weighted by Crippen LogP contribution is -2.15. The third-order valence-electron chi connectivity index (χ3n) is 3.83. The summed E-state index contributed by atoms with van der Waals surface area (Å²) in [5.74, 6) is -0.245. The number of nitrogens with zero attached hydrogens (tertiary/aromatic N) is 3. The zero-order valence-electron chi connectivity index (χ0n) is 13.4. The highest BCUT2D eigenvalue weighted by atomic mass is 32.2. The van der Waals surface area contributed by atoms with E-state index in [0.717, 1.165) is 29.9 Å². The van der Waals surface area contributed by atoms with Gasteiger partial charge in [-0.2, -0.15) is 0 Å². The molecule has 0 radical (unpaired) electrons. The smallest absolute Gasteiger partial charge is 0.266 e. The molecule has 0 unspecified atom stereocenters. The SMILES string of the molecule is O=S(=O)(Nc1nccs1)c1cccc(Nc2nccc(C3CC3)n2)c1F. The van der Waals surface area contributed by atoms with Crippen LogP contribution in [0.4, 0.5) is 21.2 Å². The second kappa shape index (κ2) is 6.61. The molecule has 134 valence electrons. The van der Waals surface area contributed by atoms with E-state index in [1.165, 1.54) is 24.4 Å². The van der Waals surface area contributed by atoms with Crippen molar-refractivity contribution >= 4 is 38.1 Å². The quantitative estimate of drug-likeness (QED) is 0.668. The van der Waals surface area contributed by atoms with Gasteiger partial charge in [0.15, 0.2) is 10.9 Å². The maximum absolute atomic E-state index is 14.8. The lowest BCUT2D eigenvalue weighted by molar-refractivity contribution is 0.572. The van der Waals surface area contributed by atoms with Gasteiger partial charge in [0.1, 0.15) is 4.90 Å². The third-order valence-corrected chi connectivity index (χ3v) is 6.00. The van der Waals surface area contributed by atoms with Crippen LogP contribution >= 0.6 is 11.3 Å². The number of thiazole rings is 1. The molecule has 0 amide bonds. The van der Waals surface area contributed by atoms with Crippen molar-refractivity contribution in [2.24, 2.45) is 0 Å². The second-order valence-corrected chi connectivity index (χ2v) is 8.31. The highest BCUT2D eigenvalue weighted by Gasteiger charge is 2.26. The van der Waals surface area contributed by atoms with E-state index in [1.807, 2.05) is 6.07 Å². The summed E-state index contributed by atoms with van der Waals surface area (Å²) in [5.41, 5.74) is 0.886. The number of benzene rings is 1. The molecule has 2 heterocycles. The largest absolute Gasteiger partial charge is 0.322 e. The number of nitrogens with one attached hydrogen (secondary N) is 2. The Balaban J connectivity index is 1.62. The standard InChI is InChI=1S/C16H14FN5O2S2/c17-14-12(21-15-18-7-6-11(20-15)10-4-5-10)2-1-3-13(14)26(23,24)22-16-19-8-9-25-16/h1-3,6-10H,4-5H2,(H,19,22)(H,18,20,21). The molecule has 1 fully saturated rings. The molecule has 0 spiro atoms. The fourth-order valence-electron chi connectivity index (χ4n) is 2.42. The maximum Gasteiger partial charge on any atom is 0.266 e. The first-order valence-corrected chi connectivity index (χ1v) is 10.2. The molecule has 26 heavy (non-hydrogen) atoms. The van der Waals surface area contributed by atoms with Crippen LogP contribution in [-0.4, -0.2) is 23.4 Å². The average molecular weight is 391 g/mol. The number of halogens is 1. The van der Waals surface area contributed by atoms with Crippen LogP contribution < -0.4 is 10.0 Å². The Bertz CT molecular complexity index is 1040. The zero-order valence-corrected chi connectivity index (χ0v) is 15.0. The highest BCUT2D eigenvalue weighted by molar-refractivity contribution is 7.93. The number of rotatable bonds is 6. The minimum absolute atomic E-state index is 0.0139. The predicted molar refractivity (Wildman–Crippen MR) is 96.6 cm³/mol. The normalized spacial score (nSPS) is 14.2. The maximum atomic E-state index is 14.8. The molecule has 4 rings (SSSR count). The minimum Gasteiger partial charge on any atom is -0.322 e. The fourth-order valence-corrected chi connectivity index (χ4v) is 4.31. The lowest BCUT2D eigenvalue weighted by atomic mass is 10.3. The average Bonchev–Trinajstić information content (AvgIpc) is 3.35. The van der Waals surface area contributed by atoms with Crippen LogP contribution in [0.25, 0.3) is 0 Å². The van der Waals surface area contributed by atoms with E-state index < -0.39 is 20.7 Å². The fraction of sp³-hybridized carbons (Fsp3) is 0.188. The Morgan fingerprint density at radius 3 is 2.73 bits per heavy atom. The van der Waals surface area contributed by atoms with E-state index in [2.05, 4.69) is 25.0 Å². The first-order valence-electron chi connectivity index (χ1n) is 7.84. The van der Waals surface area contributed by atoms with Crippen LogP contribution in [0.3, 0.4) is 0 Å². The summed E-state index contributed by atoms with van der Waals surface area (Å²) in [5, 5.41) is 4.56. The Labute approximate surface area is 153 Å². The molecule has 1 saturated carbocycles. The van der Waals surface area contributed by atoms with Crippen molar-refractivity contribution < 1.29 is 12.8 Å². The van der Waals surface area contributed by atoms with Gasteiger partial charge in [-0.3, -0.25) is 4.72 Å². The van der Waals surface area contributed by atoms with Crippen molar-refractivity contribution in [1.29, 1.82) is 0 Å². The molecule has 2 aromatic heterocycles. The van der Waals surface area contributed by atoms with Gasteiger partial charge >= 0.3 is 0 Å². The molecule has 3 aromatic rings. The zero-order chi connectivity index (χ0) is 18.1. The molecule has 1 aliphatic rings. The van der Waals surface area contributed by atoms with Crippen LogP contribution in [0.15, 0.2) is 46.9 Å². The van der Waals surface area contributed by atoms with Crippen LogP contribution in [0.5, 0.6) is 0 Å². The molecule has 0 bridgehead atoms. The predicted octanol–water partition coefficient (Wildman–Crippen LogP) is 3.49. The number of sulfonamides is 1.